The maximum absolute atomic E-state index is 14.0. The summed E-state index contributed by atoms with van der Waals surface area (Å²) in [6, 6.07) is 10.3. The summed E-state index contributed by atoms with van der Waals surface area (Å²) in [5.74, 6) is 0.179. The van der Waals surface area contributed by atoms with Crippen LogP contribution in [0.3, 0.4) is 0 Å². The fourth-order valence-electron chi connectivity index (χ4n) is 4.22. The van der Waals surface area contributed by atoms with E-state index in [1.807, 2.05) is 18.4 Å². The van der Waals surface area contributed by atoms with Crippen LogP contribution in [0.4, 0.5) is 4.39 Å². The van der Waals surface area contributed by atoms with E-state index in [9.17, 15) is 4.39 Å². The summed E-state index contributed by atoms with van der Waals surface area (Å²) in [4.78, 5) is 20.3. The molecule has 3 aromatic heterocycles. The third-order valence-electron chi connectivity index (χ3n) is 6.02. The third kappa shape index (κ3) is 5.31. The van der Waals surface area contributed by atoms with Crippen LogP contribution in [-0.2, 0) is 17.8 Å². The molecule has 1 fully saturated rings. The zero-order chi connectivity index (χ0) is 24.2. The summed E-state index contributed by atoms with van der Waals surface area (Å²) in [6.07, 6.45) is 3.66. The molecule has 4 heterocycles. The molecule has 35 heavy (non-hydrogen) atoms. The average molecular weight is 477 g/mol. The summed E-state index contributed by atoms with van der Waals surface area (Å²) in [7, 11) is 0. The molecule has 182 valence electrons. The predicted octanol–water partition coefficient (Wildman–Crippen LogP) is 4.01. The van der Waals surface area contributed by atoms with E-state index in [1.54, 1.807) is 6.20 Å². The van der Waals surface area contributed by atoms with E-state index in [0.29, 0.717) is 47.4 Å². The van der Waals surface area contributed by atoms with Gasteiger partial charge in [-0.1, -0.05) is 31.2 Å². The first-order chi connectivity index (χ1) is 17.1. The largest absolute Gasteiger partial charge is 0.463 e. The summed E-state index contributed by atoms with van der Waals surface area (Å²) < 4.78 is 27.2. The first-order valence-corrected chi connectivity index (χ1v) is 12.0. The van der Waals surface area contributed by atoms with Gasteiger partial charge in [-0.05, 0) is 30.5 Å². The van der Waals surface area contributed by atoms with Gasteiger partial charge < -0.3 is 14.0 Å². The third-order valence-corrected chi connectivity index (χ3v) is 6.02. The molecule has 1 aliphatic rings. The number of aryl methyl sites for hydroxylation is 1. The zero-order valence-electron chi connectivity index (χ0n) is 20.1. The van der Waals surface area contributed by atoms with Gasteiger partial charge in [0.2, 0.25) is 0 Å². The summed E-state index contributed by atoms with van der Waals surface area (Å²) in [5, 5.41) is 0. The van der Waals surface area contributed by atoms with Crippen molar-refractivity contribution in [3.05, 3.63) is 65.4 Å². The van der Waals surface area contributed by atoms with Gasteiger partial charge in [-0.2, -0.15) is 9.97 Å². The molecule has 0 spiro atoms. The zero-order valence-corrected chi connectivity index (χ0v) is 20.1. The van der Waals surface area contributed by atoms with Crippen LogP contribution in [0.15, 0.2) is 42.7 Å². The maximum Gasteiger partial charge on any atom is 0.318 e. The van der Waals surface area contributed by atoms with E-state index in [0.717, 1.165) is 44.8 Å². The molecule has 0 radical (unpaired) electrons. The molecule has 0 saturated carbocycles. The Morgan fingerprint density at radius 1 is 1.00 bits per heavy atom. The molecule has 4 aromatic rings. The SMILES string of the molecule is CCCOc1nc(C)c2nc(-c3cncc(F)c3)n(Cc3ccc(CN4CCOCC4)cc3)c2n1. The van der Waals surface area contributed by atoms with Crippen molar-refractivity contribution < 1.29 is 13.9 Å². The van der Waals surface area contributed by atoms with Gasteiger partial charge >= 0.3 is 6.01 Å². The highest BCUT2D eigenvalue weighted by atomic mass is 19.1. The predicted molar refractivity (Wildman–Crippen MR) is 131 cm³/mol. The number of pyridine rings is 1. The Hall–Kier alpha value is -3.43. The van der Waals surface area contributed by atoms with E-state index in [1.165, 1.54) is 17.8 Å². The van der Waals surface area contributed by atoms with Gasteiger partial charge in [-0.3, -0.25) is 9.88 Å². The number of hydrogen-bond donors (Lipinski definition) is 0. The fourth-order valence-corrected chi connectivity index (χ4v) is 4.22. The van der Waals surface area contributed by atoms with E-state index in [-0.39, 0.29) is 0 Å². The van der Waals surface area contributed by atoms with Gasteiger partial charge in [0.05, 0.1) is 38.3 Å². The molecule has 1 saturated heterocycles. The molecule has 0 N–H and O–H groups in total. The van der Waals surface area contributed by atoms with E-state index < -0.39 is 5.82 Å². The Balaban J connectivity index is 1.50. The molecule has 0 unspecified atom stereocenters. The van der Waals surface area contributed by atoms with Crippen molar-refractivity contribution in [3.8, 4) is 17.4 Å². The molecule has 1 aliphatic heterocycles. The fraction of sp³-hybridized carbons (Fsp3) is 0.385. The molecular formula is C26H29FN6O2. The highest BCUT2D eigenvalue weighted by molar-refractivity contribution is 5.79. The minimum absolute atomic E-state index is 0.322. The van der Waals surface area contributed by atoms with Crippen molar-refractivity contribution in [1.82, 2.24) is 29.4 Å². The van der Waals surface area contributed by atoms with Crippen molar-refractivity contribution in [3.63, 3.8) is 0 Å². The van der Waals surface area contributed by atoms with Crippen molar-refractivity contribution in [2.24, 2.45) is 0 Å². The highest BCUT2D eigenvalue weighted by Crippen LogP contribution is 2.27. The van der Waals surface area contributed by atoms with Crippen LogP contribution in [0, 0.1) is 12.7 Å². The topological polar surface area (TPSA) is 78.2 Å². The van der Waals surface area contributed by atoms with Gasteiger partial charge in [0.25, 0.3) is 0 Å². The number of fused-ring (bicyclic) bond motifs is 1. The minimum atomic E-state index is -0.414. The second-order valence-electron chi connectivity index (χ2n) is 8.73. The number of morpholine rings is 1. The quantitative estimate of drug-likeness (QED) is 0.380. The molecule has 1 aromatic carbocycles. The van der Waals surface area contributed by atoms with Crippen LogP contribution >= 0.6 is 0 Å². The number of aromatic nitrogens is 5. The number of halogens is 1. The Morgan fingerprint density at radius 3 is 2.46 bits per heavy atom. The highest BCUT2D eigenvalue weighted by Gasteiger charge is 2.19. The van der Waals surface area contributed by atoms with Crippen molar-refractivity contribution in [1.29, 1.82) is 0 Å². The van der Waals surface area contributed by atoms with Crippen LogP contribution in [-0.4, -0.2) is 62.3 Å². The summed E-state index contributed by atoms with van der Waals surface area (Å²) >= 11 is 0. The van der Waals surface area contributed by atoms with Crippen LogP contribution < -0.4 is 4.74 Å². The van der Waals surface area contributed by atoms with E-state index in [2.05, 4.69) is 44.1 Å². The monoisotopic (exact) mass is 476 g/mol. The Kier molecular flexibility index (Phi) is 6.96. The lowest BCUT2D eigenvalue weighted by Gasteiger charge is -2.26. The number of imidazole rings is 1. The van der Waals surface area contributed by atoms with Crippen LogP contribution in [0.2, 0.25) is 0 Å². The summed E-state index contributed by atoms with van der Waals surface area (Å²) in [6.45, 7) is 9.35. The molecule has 5 rings (SSSR count). The molecular weight excluding hydrogens is 447 g/mol. The Morgan fingerprint density at radius 2 is 1.74 bits per heavy atom. The van der Waals surface area contributed by atoms with Gasteiger partial charge in [0.15, 0.2) is 5.65 Å². The first kappa shape index (κ1) is 23.3. The molecule has 0 amide bonds. The van der Waals surface area contributed by atoms with Gasteiger partial charge in [0, 0.05) is 31.4 Å². The Bertz CT molecular complexity index is 1300. The molecule has 0 bridgehead atoms. The van der Waals surface area contributed by atoms with Crippen molar-refractivity contribution in [2.45, 2.75) is 33.4 Å². The first-order valence-electron chi connectivity index (χ1n) is 12.0. The second-order valence-corrected chi connectivity index (χ2v) is 8.73. The second kappa shape index (κ2) is 10.5. The van der Waals surface area contributed by atoms with Crippen molar-refractivity contribution in [2.75, 3.05) is 32.9 Å². The Labute approximate surface area is 203 Å². The van der Waals surface area contributed by atoms with Crippen molar-refractivity contribution >= 4 is 11.2 Å². The maximum atomic E-state index is 14.0. The van der Waals surface area contributed by atoms with Gasteiger partial charge in [-0.25, -0.2) is 9.37 Å². The molecule has 8 nitrogen and oxygen atoms in total. The lowest BCUT2D eigenvalue weighted by atomic mass is 10.1. The van der Waals surface area contributed by atoms with E-state index in [4.69, 9.17) is 14.5 Å². The number of hydrogen-bond acceptors (Lipinski definition) is 7. The smallest absolute Gasteiger partial charge is 0.318 e. The normalized spacial score (nSPS) is 14.5. The minimum Gasteiger partial charge on any atom is -0.463 e. The van der Waals surface area contributed by atoms with E-state index >= 15 is 0 Å². The van der Waals surface area contributed by atoms with Gasteiger partial charge in [-0.15, -0.1) is 0 Å². The molecule has 0 aliphatic carbocycles. The van der Waals surface area contributed by atoms with Crippen LogP contribution in [0.5, 0.6) is 6.01 Å². The summed E-state index contributed by atoms with van der Waals surface area (Å²) in [5.41, 5.74) is 4.97. The lowest BCUT2D eigenvalue weighted by Crippen LogP contribution is -2.35. The number of nitrogens with zero attached hydrogens (tertiary/aromatic N) is 6. The lowest BCUT2D eigenvalue weighted by molar-refractivity contribution is 0.0342. The number of ether oxygens (including phenoxy) is 2. The molecule has 9 heteroatoms. The molecule has 0 atom stereocenters. The standard InChI is InChI=1S/C26H29FN6O2/c1-3-10-35-26-29-18(2)23-25(31-26)33(24(30-23)21-13-22(27)15-28-14-21)17-20-6-4-19(5-7-20)16-32-8-11-34-12-9-32/h4-7,13-15H,3,8-12,16-17H2,1-2H3. The number of rotatable bonds is 8. The van der Waals surface area contributed by atoms with Crippen LogP contribution in [0.1, 0.15) is 30.2 Å². The number of benzene rings is 1. The average Bonchev–Trinajstić information content (AvgIpc) is 3.23. The van der Waals surface area contributed by atoms with Gasteiger partial charge in [0.1, 0.15) is 17.2 Å². The van der Waals surface area contributed by atoms with Crippen LogP contribution in [0.25, 0.3) is 22.6 Å².